The lowest BCUT2D eigenvalue weighted by atomic mass is 9.94. The minimum atomic E-state index is -2.11. The van der Waals surface area contributed by atoms with Crippen LogP contribution in [0.1, 0.15) is 53.6 Å². The van der Waals surface area contributed by atoms with Crippen molar-refractivity contribution in [2.24, 2.45) is 0 Å². The van der Waals surface area contributed by atoms with Gasteiger partial charge in [-0.05, 0) is 73.3 Å². The summed E-state index contributed by atoms with van der Waals surface area (Å²) in [6, 6.07) is 11.2. The molecule has 0 heterocycles. The predicted molar refractivity (Wildman–Crippen MR) is 124 cm³/mol. The van der Waals surface area contributed by atoms with Gasteiger partial charge < -0.3 is 9.16 Å². The van der Waals surface area contributed by atoms with Crippen molar-refractivity contribution in [3.8, 4) is 11.1 Å². The molecule has 6 nitrogen and oxygen atoms in total. The Kier molecular flexibility index (Phi) is 7.28. The molecule has 0 atom stereocenters. The number of nitro groups is 1. The van der Waals surface area contributed by atoms with Gasteiger partial charge in [-0.15, -0.1) is 0 Å². The Labute approximate surface area is 184 Å². The third-order valence-electron chi connectivity index (χ3n) is 5.86. The second-order valence-corrected chi connectivity index (χ2v) is 13.0. The van der Waals surface area contributed by atoms with Gasteiger partial charge in [0.2, 0.25) is 0 Å². The zero-order valence-corrected chi connectivity index (χ0v) is 19.8. The van der Waals surface area contributed by atoms with Crippen LogP contribution >= 0.6 is 0 Å². The maximum Gasteiger partial charge on any atom is 0.337 e. The van der Waals surface area contributed by atoms with Crippen molar-refractivity contribution < 1.29 is 18.9 Å². The topological polar surface area (TPSA) is 78.7 Å². The monoisotopic (exact) mass is 441 g/mol. The number of non-ortho nitro benzene ring substituents is 1. The fourth-order valence-electron chi connectivity index (χ4n) is 4.52. The van der Waals surface area contributed by atoms with Gasteiger partial charge in [0.1, 0.15) is 0 Å². The highest BCUT2D eigenvalue weighted by atomic mass is 28.4. The molecule has 0 saturated heterocycles. The van der Waals surface area contributed by atoms with Gasteiger partial charge >= 0.3 is 5.97 Å². The minimum absolute atomic E-state index is 0.102. The van der Waals surface area contributed by atoms with Crippen LogP contribution < -0.4 is 0 Å². The molecule has 1 saturated carbocycles. The van der Waals surface area contributed by atoms with Crippen LogP contribution in [0.2, 0.25) is 13.1 Å². The van der Waals surface area contributed by atoms with Gasteiger partial charge in [-0.25, -0.2) is 4.79 Å². The molecule has 0 amide bonds. The molecule has 0 spiro atoms. The van der Waals surface area contributed by atoms with Gasteiger partial charge in [0.25, 0.3) is 5.69 Å². The molecule has 1 fully saturated rings. The van der Waals surface area contributed by atoms with E-state index in [9.17, 15) is 14.9 Å². The first-order valence-corrected chi connectivity index (χ1v) is 14.0. The summed E-state index contributed by atoms with van der Waals surface area (Å²) in [4.78, 5) is 23.0. The Hall–Kier alpha value is -2.51. The molecule has 31 heavy (non-hydrogen) atoms. The van der Waals surface area contributed by atoms with E-state index in [2.05, 4.69) is 13.1 Å². The molecule has 0 radical (unpaired) electrons. The maximum absolute atomic E-state index is 11.8. The smallest absolute Gasteiger partial charge is 0.337 e. The quantitative estimate of drug-likeness (QED) is 0.228. The first-order chi connectivity index (χ1) is 14.7. The zero-order chi connectivity index (χ0) is 22.6. The van der Waals surface area contributed by atoms with E-state index in [-0.39, 0.29) is 16.6 Å². The van der Waals surface area contributed by atoms with Crippen molar-refractivity contribution >= 4 is 20.0 Å². The molecule has 1 aliphatic rings. The third kappa shape index (κ3) is 5.80. The second kappa shape index (κ2) is 9.74. The van der Waals surface area contributed by atoms with Crippen molar-refractivity contribution in [1.82, 2.24) is 0 Å². The van der Waals surface area contributed by atoms with Crippen molar-refractivity contribution in [2.75, 3.05) is 7.11 Å². The van der Waals surface area contributed by atoms with Crippen LogP contribution in [0.25, 0.3) is 11.1 Å². The van der Waals surface area contributed by atoms with Crippen molar-refractivity contribution in [2.45, 2.75) is 64.3 Å². The number of carbonyl (C=O) groups is 1. The molecule has 166 valence electrons. The van der Waals surface area contributed by atoms with Crippen LogP contribution in [0.5, 0.6) is 0 Å². The van der Waals surface area contributed by atoms with E-state index in [1.165, 1.54) is 26.4 Å². The largest absolute Gasteiger partial charge is 0.465 e. The van der Waals surface area contributed by atoms with Crippen LogP contribution in [0.4, 0.5) is 5.69 Å². The van der Waals surface area contributed by atoms with Gasteiger partial charge in [-0.2, -0.15) is 0 Å². The molecular weight excluding hydrogens is 410 g/mol. The van der Waals surface area contributed by atoms with Crippen molar-refractivity contribution in [1.29, 1.82) is 0 Å². The number of hydrogen-bond acceptors (Lipinski definition) is 5. The van der Waals surface area contributed by atoms with Crippen LogP contribution in [-0.4, -0.2) is 32.4 Å². The van der Waals surface area contributed by atoms with E-state index >= 15 is 0 Å². The highest BCUT2D eigenvalue weighted by Gasteiger charge is 2.30. The Balaban J connectivity index is 1.97. The number of methoxy groups -OCH3 is 1. The molecule has 0 aromatic heterocycles. The molecule has 0 bridgehead atoms. The highest BCUT2D eigenvalue weighted by molar-refractivity contribution is 6.70. The fourth-order valence-corrected chi connectivity index (χ4v) is 6.94. The van der Waals surface area contributed by atoms with Crippen molar-refractivity contribution in [3.63, 3.8) is 0 Å². The van der Waals surface area contributed by atoms with Crippen LogP contribution in [-0.2, 0) is 15.2 Å². The molecule has 0 N–H and O–H groups in total. The Morgan fingerprint density at radius 3 is 2.35 bits per heavy atom. The lowest BCUT2D eigenvalue weighted by Crippen LogP contribution is -2.39. The van der Waals surface area contributed by atoms with E-state index in [1.807, 2.05) is 19.1 Å². The summed E-state index contributed by atoms with van der Waals surface area (Å²) in [7, 11) is -0.753. The summed E-state index contributed by atoms with van der Waals surface area (Å²) in [6.07, 6.45) is 6.21. The van der Waals surface area contributed by atoms with Crippen LogP contribution in [0.3, 0.4) is 0 Å². The summed E-state index contributed by atoms with van der Waals surface area (Å²) in [5.74, 6) is -0.387. The molecule has 0 unspecified atom stereocenters. The van der Waals surface area contributed by atoms with Gasteiger partial charge in [-0.1, -0.05) is 31.4 Å². The average Bonchev–Trinajstić information content (AvgIpc) is 2.73. The van der Waals surface area contributed by atoms with Crippen LogP contribution in [0.15, 0.2) is 36.4 Å². The van der Waals surface area contributed by atoms with E-state index < -0.39 is 8.32 Å². The van der Waals surface area contributed by atoms with Crippen molar-refractivity contribution in [3.05, 3.63) is 63.2 Å². The molecule has 0 aliphatic heterocycles. The number of nitrogens with zero attached hydrogens (tertiary/aromatic N) is 1. The molecule has 3 rings (SSSR count). The van der Waals surface area contributed by atoms with E-state index in [1.54, 1.807) is 24.3 Å². The maximum atomic E-state index is 11.8. The second-order valence-electron chi connectivity index (χ2n) is 8.94. The zero-order valence-electron chi connectivity index (χ0n) is 18.8. The number of rotatable bonds is 7. The Bertz CT molecular complexity index is 949. The number of nitro benzene ring substituents is 1. The lowest BCUT2D eigenvalue weighted by molar-refractivity contribution is -0.384. The first kappa shape index (κ1) is 23.2. The fraction of sp³-hybridized carbons (Fsp3) is 0.458. The van der Waals surface area contributed by atoms with E-state index in [0.29, 0.717) is 17.7 Å². The molecule has 1 aliphatic carbocycles. The van der Waals surface area contributed by atoms with Crippen LogP contribution in [0, 0.1) is 17.0 Å². The molecule has 2 aromatic rings. The van der Waals surface area contributed by atoms with Gasteiger partial charge in [0.15, 0.2) is 8.32 Å². The SMILES string of the molecule is COC(=O)c1ccc(-c2c(C)cc([N+](=O)[O-])cc2C[Si](C)(C)OC2CCCCC2)cc1. The first-order valence-electron chi connectivity index (χ1n) is 10.8. The number of aryl methyl sites for hydroxylation is 1. The molecule has 7 heteroatoms. The Morgan fingerprint density at radius 1 is 1.13 bits per heavy atom. The summed E-state index contributed by atoms with van der Waals surface area (Å²) in [6.45, 7) is 6.29. The third-order valence-corrected chi connectivity index (χ3v) is 8.07. The number of esters is 1. The van der Waals surface area contributed by atoms with Gasteiger partial charge in [-0.3, -0.25) is 10.1 Å². The number of benzene rings is 2. The molecule has 2 aromatic carbocycles. The summed E-state index contributed by atoms with van der Waals surface area (Å²) in [5, 5.41) is 11.5. The number of carbonyl (C=O) groups excluding carboxylic acids is 1. The Morgan fingerprint density at radius 2 is 1.77 bits per heavy atom. The molecular formula is C24H31NO5Si. The van der Waals surface area contributed by atoms with Gasteiger partial charge in [0, 0.05) is 18.2 Å². The summed E-state index contributed by atoms with van der Waals surface area (Å²) >= 11 is 0. The highest BCUT2D eigenvalue weighted by Crippen LogP contribution is 2.34. The number of ether oxygens (including phenoxy) is 1. The van der Waals surface area contributed by atoms with Gasteiger partial charge in [0.05, 0.1) is 17.6 Å². The van der Waals surface area contributed by atoms with E-state index in [4.69, 9.17) is 9.16 Å². The average molecular weight is 442 g/mol. The summed E-state index contributed by atoms with van der Waals surface area (Å²) in [5.41, 5.74) is 4.27. The summed E-state index contributed by atoms with van der Waals surface area (Å²) < 4.78 is 11.4. The minimum Gasteiger partial charge on any atom is -0.465 e. The standard InChI is InChI=1S/C24H31NO5Si/c1-17-14-21(25(27)28)15-20(16-31(3,4)30-22-8-6-5-7-9-22)23(17)18-10-12-19(13-11-18)24(26)29-2/h10-15,22H,5-9,16H2,1-4H3. The van der Waals surface area contributed by atoms with E-state index in [0.717, 1.165) is 35.1 Å². The normalized spacial score (nSPS) is 15.0. The lowest BCUT2D eigenvalue weighted by Gasteiger charge is -2.32. The predicted octanol–water partition coefficient (Wildman–Crippen LogP) is 5.99. The number of hydrogen-bond donors (Lipinski definition) is 0.